The zero-order valence-corrected chi connectivity index (χ0v) is 16.0. The molecule has 2 N–H and O–H groups in total. The van der Waals surface area contributed by atoms with Crippen LogP contribution in [0.5, 0.6) is 0 Å². The highest BCUT2D eigenvalue weighted by molar-refractivity contribution is 6.36. The zero-order chi connectivity index (χ0) is 18.8. The van der Waals surface area contributed by atoms with E-state index in [0.29, 0.717) is 21.7 Å². The summed E-state index contributed by atoms with van der Waals surface area (Å²) in [5.41, 5.74) is 3.68. The van der Waals surface area contributed by atoms with Gasteiger partial charge in [0, 0.05) is 16.1 Å². The number of rotatable bonds is 4. The lowest BCUT2D eigenvalue weighted by Crippen LogP contribution is -2.02. The van der Waals surface area contributed by atoms with Crippen molar-refractivity contribution in [3.8, 4) is 0 Å². The second kappa shape index (κ2) is 7.43. The Morgan fingerprint density at radius 3 is 2.37 bits per heavy atom. The van der Waals surface area contributed by atoms with Gasteiger partial charge in [0.15, 0.2) is 0 Å². The highest BCUT2D eigenvalue weighted by Gasteiger charge is 2.10. The summed E-state index contributed by atoms with van der Waals surface area (Å²) in [5, 5.41) is 8.57. The van der Waals surface area contributed by atoms with Gasteiger partial charge < -0.3 is 10.6 Å². The maximum atomic E-state index is 6.26. The third-order valence-electron chi connectivity index (χ3n) is 4.10. The fourth-order valence-electron chi connectivity index (χ4n) is 2.71. The number of benzene rings is 3. The molecule has 1 heterocycles. The predicted molar refractivity (Wildman–Crippen MR) is 114 cm³/mol. The van der Waals surface area contributed by atoms with Crippen LogP contribution in [0.1, 0.15) is 5.56 Å². The van der Waals surface area contributed by atoms with Crippen LogP contribution in [0.4, 0.5) is 23.1 Å². The molecule has 1 aromatic heterocycles. The first-order chi connectivity index (χ1) is 13.1. The van der Waals surface area contributed by atoms with E-state index in [1.54, 1.807) is 18.2 Å². The molecule has 0 aliphatic heterocycles. The van der Waals surface area contributed by atoms with Gasteiger partial charge in [-0.1, -0.05) is 53.0 Å². The number of halogens is 2. The minimum Gasteiger partial charge on any atom is -0.340 e. The number of anilines is 4. The molecule has 4 aromatic rings. The van der Waals surface area contributed by atoms with Gasteiger partial charge in [-0.05, 0) is 49.4 Å². The summed E-state index contributed by atoms with van der Waals surface area (Å²) in [6.07, 6.45) is 0. The van der Waals surface area contributed by atoms with Crippen molar-refractivity contribution in [2.75, 3.05) is 10.6 Å². The van der Waals surface area contributed by atoms with Gasteiger partial charge in [-0.15, -0.1) is 0 Å². The molecule has 0 aliphatic rings. The van der Waals surface area contributed by atoms with E-state index in [9.17, 15) is 0 Å². The fourth-order valence-corrected chi connectivity index (χ4v) is 3.17. The Bertz CT molecular complexity index is 1110. The molecule has 0 spiro atoms. The second-order valence-corrected chi connectivity index (χ2v) is 7.00. The molecule has 0 atom stereocenters. The highest BCUT2D eigenvalue weighted by Crippen LogP contribution is 2.30. The largest absolute Gasteiger partial charge is 0.340 e. The molecule has 134 valence electrons. The summed E-state index contributed by atoms with van der Waals surface area (Å²) in [5.74, 6) is 1.17. The van der Waals surface area contributed by atoms with Crippen LogP contribution in [0.15, 0.2) is 66.7 Å². The van der Waals surface area contributed by atoms with Crippen molar-refractivity contribution < 1.29 is 0 Å². The maximum Gasteiger partial charge on any atom is 0.229 e. The third-order valence-corrected chi connectivity index (χ3v) is 4.64. The van der Waals surface area contributed by atoms with Crippen molar-refractivity contribution in [1.29, 1.82) is 0 Å². The van der Waals surface area contributed by atoms with E-state index in [1.165, 1.54) is 5.56 Å². The van der Waals surface area contributed by atoms with Crippen molar-refractivity contribution in [2.24, 2.45) is 0 Å². The Kier molecular flexibility index (Phi) is 4.84. The van der Waals surface area contributed by atoms with Gasteiger partial charge in [0.25, 0.3) is 0 Å². The minimum absolute atomic E-state index is 0.451. The first kappa shape index (κ1) is 17.6. The first-order valence-corrected chi connectivity index (χ1v) is 9.17. The van der Waals surface area contributed by atoms with Crippen LogP contribution in [0.25, 0.3) is 10.9 Å². The Labute approximate surface area is 167 Å². The van der Waals surface area contributed by atoms with E-state index in [4.69, 9.17) is 23.2 Å². The molecule has 0 aliphatic carbocycles. The monoisotopic (exact) mass is 394 g/mol. The number of aryl methyl sites for hydroxylation is 1. The van der Waals surface area contributed by atoms with E-state index in [0.717, 1.165) is 22.4 Å². The Morgan fingerprint density at radius 2 is 1.59 bits per heavy atom. The molecule has 27 heavy (non-hydrogen) atoms. The van der Waals surface area contributed by atoms with Crippen molar-refractivity contribution in [1.82, 2.24) is 9.97 Å². The first-order valence-electron chi connectivity index (χ1n) is 8.41. The van der Waals surface area contributed by atoms with Gasteiger partial charge in [0.05, 0.1) is 16.2 Å². The topological polar surface area (TPSA) is 49.8 Å². The Morgan fingerprint density at radius 1 is 0.815 bits per heavy atom. The number of para-hydroxylation sites is 1. The fraction of sp³-hybridized carbons (Fsp3) is 0.0476. The minimum atomic E-state index is 0.451. The Hall–Kier alpha value is -2.82. The van der Waals surface area contributed by atoms with E-state index in [2.05, 4.69) is 39.7 Å². The van der Waals surface area contributed by atoms with Crippen LogP contribution in [0.2, 0.25) is 10.0 Å². The average Bonchev–Trinajstić information content (AvgIpc) is 2.66. The number of aromatic nitrogens is 2. The van der Waals surface area contributed by atoms with Crippen molar-refractivity contribution >= 4 is 57.2 Å². The van der Waals surface area contributed by atoms with Gasteiger partial charge >= 0.3 is 0 Å². The van der Waals surface area contributed by atoms with Crippen LogP contribution < -0.4 is 10.6 Å². The van der Waals surface area contributed by atoms with E-state index in [-0.39, 0.29) is 0 Å². The average molecular weight is 395 g/mol. The number of nitrogens with zero attached hydrogens (tertiary/aromatic N) is 2. The summed E-state index contributed by atoms with van der Waals surface area (Å²) in [6.45, 7) is 2.06. The molecular weight excluding hydrogens is 379 g/mol. The highest BCUT2D eigenvalue weighted by atomic mass is 35.5. The number of hydrogen-bond acceptors (Lipinski definition) is 4. The predicted octanol–water partition coefficient (Wildman–Crippen LogP) is 6.73. The van der Waals surface area contributed by atoms with Crippen LogP contribution in [0, 0.1) is 6.92 Å². The maximum absolute atomic E-state index is 6.26. The lowest BCUT2D eigenvalue weighted by molar-refractivity contribution is 1.21. The van der Waals surface area contributed by atoms with Gasteiger partial charge in [-0.2, -0.15) is 4.98 Å². The number of fused-ring (bicyclic) bond motifs is 1. The van der Waals surface area contributed by atoms with Crippen molar-refractivity contribution in [3.63, 3.8) is 0 Å². The zero-order valence-electron chi connectivity index (χ0n) is 14.5. The molecule has 4 nitrogen and oxygen atoms in total. The summed E-state index contributed by atoms with van der Waals surface area (Å²) in [4.78, 5) is 9.25. The van der Waals surface area contributed by atoms with Crippen LogP contribution in [-0.4, -0.2) is 9.97 Å². The molecule has 0 saturated carbocycles. The van der Waals surface area contributed by atoms with Gasteiger partial charge in [0.1, 0.15) is 5.82 Å². The molecule has 3 aromatic carbocycles. The second-order valence-electron chi connectivity index (χ2n) is 6.15. The summed E-state index contributed by atoms with van der Waals surface area (Å²) < 4.78 is 0. The van der Waals surface area contributed by atoms with E-state index in [1.807, 2.05) is 36.4 Å². The lowest BCUT2D eigenvalue weighted by atomic mass is 10.2. The molecular formula is C21H16Cl2N4. The molecule has 0 fully saturated rings. The summed E-state index contributed by atoms with van der Waals surface area (Å²) in [7, 11) is 0. The lowest BCUT2D eigenvalue weighted by Gasteiger charge is -2.13. The quantitative estimate of drug-likeness (QED) is 0.402. The number of nitrogens with one attached hydrogen (secondary N) is 2. The summed E-state index contributed by atoms with van der Waals surface area (Å²) in [6, 6.07) is 21.3. The van der Waals surface area contributed by atoms with Crippen molar-refractivity contribution in [3.05, 3.63) is 82.3 Å². The van der Waals surface area contributed by atoms with Crippen molar-refractivity contribution in [2.45, 2.75) is 6.92 Å². The van der Waals surface area contributed by atoms with E-state index >= 15 is 0 Å². The van der Waals surface area contributed by atoms with Gasteiger partial charge in [0.2, 0.25) is 5.95 Å². The van der Waals surface area contributed by atoms with Crippen LogP contribution in [0.3, 0.4) is 0 Å². The molecule has 6 heteroatoms. The standard InChI is InChI=1S/C21H16Cl2N4/c1-13-6-9-15(10-7-13)24-20-16-4-2-3-5-18(16)25-21(27-20)26-19-11-8-14(22)12-17(19)23/h2-12H,1H3,(H2,24,25,26,27). The molecule has 0 unspecified atom stereocenters. The van der Waals surface area contributed by atoms with Crippen LogP contribution in [-0.2, 0) is 0 Å². The van der Waals surface area contributed by atoms with E-state index < -0.39 is 0 Å². The normalized spacial score (nSPS) is 10.8. The molecule has 0 saturated heterocycles. The molecule has 0 amide bonds. The SMILES string of the molecule is Cc1ccc(Nc2nc(Nc3ccc(Cl)cc3Cl)nc3ccccc23)cc1. The Balaban J connectivity index is 1.74. The summed E-state index contributed by atoms with van der Waals surface area (Å²) >= 11 is 12.2. The smallest absolute Gasteiger partial charge is 0.229 e. The third kappa shape index (κ3) is 3.97. The molecule has 0 radical (unpaired) electrons. The molecule has 0 bridgehead atoms. The van der Waals surface area contributed by atoms with Gasteiger partial charge in [-0.25, -0.2) is 4.98 Å². The number of hydrogen-bond donors (Lipinski definition) is 2. The molecule has 4 rings (SSSR count). The van der Waals surface area contributed by atoms with Crippen LogP contribution >= 0.6 is 23.2 Å². The van der Waals surface area contributed by atoms with Gasteiger partial charge in [-0.3, -0.25) is 0 Å².